The van der Waals surface area contributed by atoms with E-state index in [1.807, 2.05) is 35.0 Å². The van der Waals surface area contributed by atoms with E-state index in [1.54, 1.807) is 36.8 Å². The third kappa shape index (κ3) is 4.47. The number of para-hydroxylation sites is 1. The van der Waals surface area contributed by atoms with Crippen LogP contribution in [0.15, 0.2) is 67.3 Å². The molecule has 0 bridgehead atoms. The lowest BCUT2D eigenvalue weighted by Crippen LogP contribution is -2.37. The fourth-order valence-corrected chi connectivity index (χ4v) is 3.67. The average molecular weight is 414 g/mol. The molecule has 1 aromatic heterocycles. The monoisotopic (exact) mass is 413 g/mol. The molecule has 0 unspecified atom stereocenters. The summed E-state index contributed by atoms with van der Waals surface area (Å²) in [6.07, 6.45) is 5.25. The number of nitrogens with one attached hydrogen (secondary N) is 1. The number of aromatic nitrogens is 2. The molecular formula is C20H23N5O3S. The molecule has 1 amide bonds. The highest BCUT2D eigenvalue weighted by Crippen LogP contribution is 2.19. The molecule has 0 aliphatic rings. The third-order valence-corrected chi connectivity index (χ3v) is 6.34. The second kappa shape index (κ2) is 8.46. The van der Waals surface area contributed by atoms with Crippen LogP contribution in [0.2, 0.25) is 0 Å². The molecule has 0 saturated heterocycles. The summed E-state index contributed by atoms with van der Waals surface area (Å²) < 4.78 is 28.6. The van der Waals surface area contributed by atoms with Crippen molar-refractivity contribution in [3.63, 3.8) is 0 Å². The SMILES string of the molecule is CN(C)S(=O)(=O)N(C)c1ccc(C(=O)NCc2ccccc2-n2ccnc2)cc1. The lowest BCUT2D eigenvalue weighted by molar-refractivity contribution is 0.0951. The van der Waals surface area contributed by atoms with Crippen molar-refractivity contribution < 1.29 is 13.2 Å². The van der Waals surface area contributed by atoms with Gasteiger partial charge in [0.25, 0.3) is 5.91 Å². The zero-order valence-electron chi connectivity index (χ0n) is 16.5. The summed E-state index contributed by atoms with van der Waals surface area (Å²) in [5, 5.41) is 2.90. The molecule has 152 valence electrons. The molecule has 0 spiro atoms. The standard InChI is InChI=1S/C20H23N5O3S/c1-23(2)29(27,28)24(3)18-10-8-16(9-11-18)20(26)22-14-17-6-4-5-7-19(17)25-13-12-21-15-25/h4-13,15H,14H2,1-3H3,(H,22,26). The smallest absolute Gasteiger partial charge is 0.303 e. The molecule has 0 atom stereocenters. The van der Waals surface area contributed by atoms with Crippen LogP contribution in [0.25, 0.3) is 5.69 Å². The van der Waals surface area contributed by atoms with E-state index in [4.69, 9.17) is 0 Å². The Kier molecular flexibility index (Phi) is 6.00. The first kappa shape index (κ1) is 20.6. The Balaban J connectivity index is 1.70. The molecule has 1 N–H and O–H groups in total. The van der Waals surface area contributed by atoms with E-state index in [0.717, 1.165) is 19.9 Å². The number of nitrogens with zero attached hydrogens (tertiary/aromatic N) is 4. The number of anilines is 1. The first-order chi connectivity index (χ1) is 13.8. The van der Waals surface area contributed by atoms with E-state index in [0.29, 0.717) is 17.8 Å². The van der Waals surface area contributed by atoms with Crippen LogP contribution in [0.3, 0.4) is 0 Å². The quantitative estimate of drug-likeness (QED) is 0.642. The molecular weight excluding hydrogens is 390 g/mol. The summed E-state index contributed by atoms with van der Waals surface area (Å²) in [6.45, 7) is 0.351. The Morgan fingerprint density at radius 3 is 2.38 bits per heavy atom. The Labute approximate surface area is 170 Å². The second-order valence-electron chi connectivity index (χ2n) is 6.59. The predicted molar refractivity (Wildman–Crippen MR) is 112 cm³/mol. The van der Waals surface area contributed by atoms with Gasteiger partial charge in [0, 0.05) is 45.6 Å². The van der Waals surface area contributed by atoms with Gasteiger partial charge in [-0.3, -0.25) is 9.10 Å². The Morgan fingerprint density at radius 2 is 1.76 bits per heavy atom. The molecule has 0 radical (unpaired) electrons. The Morgan fingerprint density at radius 1 is 1.07 bits per heavy atom. The van der Waals surface area contributed by atoms with Gasteiger partial charge in [-0.15, -0.1) is 0 Å². The normalized spacial score (nSPS) is 11.4. The van der Waals surface area contributed by atoms with Crippen molar-refractivity contribution in [3.05, 3.63) is 78.4 Å². The van der Waals surface area contributed by atoms with Gasteiger partial charge in [-0.1, -0.05) is 18.2 Å². The summed E-state index contributed by atoms with van der Waals surface area (Å²) in [5.41, 5.74) is 2.81. The third-order valence-electron chi connectivity index (χ3n) is 4.51. The molecule has 0 aliphatic carbocycles. The minimum Gasteiger partial charge on any atom is -0.348 e. The van der Waals surface area contributed by atoms with Gasteiger partial charge in [-0.25, -0.2) is 4.98 Å². The maximum absolute atomic E-state index is 12.5. The Hall–Kier alpha value is -3.17. The highest BCUT2D eigenvalue weighted by molar-refractivity contribution is 7.90. The summed E-state index contributed by atoms with van der Waals surface area (Å²) in [4.78, 5) is 16.6. The second-order valence-corrected chi connectivity index (χ2v) is 8.76. The van der Waals surface area contributed by atoms with Crippen LogP contribution in [-0.4, -0.2) is 49.3 Å². The number of rotatable bonds is 7. The fraction of sp³-hybridized carbons (Fsp3) is 0.200. The van der Waals surface area contributed by atoms with Gasteiger partial charge < -0.3 is 9.88 Å². The lowest BCUT2D eigenvalue weighted by atomic mass is 10.1. The predicted octanol–water partition coefficient (Wildman–Crippen LogP) is 2.04. The molecule has 0 aliphatic heterocycles. The summed E-state index contributed by atoms with van der Waals surface area (Å²) in [5.74, 6) is -0.241. The molecule has 0 fully saturated rings. The topological polar surface area (TPSA) is 87.5 Å². The van der Waals surface area contributed by atoms with Gasteiger partial charge in [-0.2, -0.15) is 12.7 Å². The van der Waals surface area contributed by atoms with E-state index in [1.165, 1.54) is 21.1 Å². The van der Waals surface area contributed by atoms with Crippen molar-refractivity contribution in [1.82, 2.24) is 19.2 Å². The number of hydrogen-bond acceptors (Lipinski definition) is 4. The van der Waals surface area contributed by atoms with Gasteiger partial charge >= 0.3 is 10.2 Å². The van der Waals surface area contributed by atoms with Crippen LogP contribution in [0.5, 0.6) is 0 Å². The molecule has 8 nitrogen and oxygen atoms in total. The molecule has 9 heteroatoms. The van der Waals surface area contributed by atoms with Crippen molar-refractivity contribution in [2.24, 2.45) is 0 Å². The summed E-state index contributed by atoms with van der Waals surface area (Å²) >= 11 is 0. The summed E-state index contributed by atoms with van der Waals surface area (Å²) in [7, 11) is 0.828. The van der Waals surface area contributed by atoms with Crippen LogP contribution >= 0.6 is 0 Å². The fourth-order valence-electron chi connectivity index (χ4n) is 2.79. The first-order valence-electron chi connectivity index (χ1n) is 8.91. The van der Waals surface area contributed by atoms with Crippen LogP contribution in [0.4, 0.5) is 5.69 Å². The van der Waals surface area contributed by atoms with Gasteiger partial charge in [0.2, 0.25) is 0 Å². The van der Waals surface area contributed by atoms with Gasteiger partial charge in [0.15, 0.2) is 0 Å². The molecule has 1 heterocycles. The zero-order chi connectivity index (χ0) is 21.0. The van der Waals surface area contributed by atoms with Crippen molar-refractivity contribution in [2.75, 3.05) is 25.4 Å². The zero-order valence-corrected chi connectivity index (χ0v) is 17.3. The van der Waals surface area contributed by atoms with Crippen LogP contribution < -0.4 is 9.62 Å². The van der Waals surface area contributed by atoms with E-state index in [9.17, 15) is 13.2 Å². The highest BCUT2D eigenvalue weighted by atomic mass is 32.2. The van der Waals surface area contributed by atoms with E-state index < -0.39 is 10.2 Å². The average Bonchev–Trinajstić information content (AvgIpc) is 3.26. The number of carbonyl (C=O) groups is 1. The number of imidazole rings is 1. The largest absolute Gasteiger partial charge is 0.348 e. The maximum Gasteiger partial charge on any atom is 0.303 e. The molecule has 2 aromatic carbocycles. The molecule has 3 aromatic rings. The minimum atomic E-state index is -3.58. The number of amides is 1. The molecule has 29 heavy (non-hydrogen) atoms. The van der Waals surface area contributed by atoms with Crippen molar-refractivity contribution in [3.8, 4) is 5.69 Å². The molecule has 3 rings (SSSR count). The van der Waals surface area contributed by atoms with Gasteiger partial charge in [0.1, 0.15) is 0 Å². The van der Waals surface area contributed by atoms with Crippen LogP contribution in [0, 0.1) is 0 Å². The van der Waals surface area contributed by atoms with Gasteiger partial charge in [0.05, 0.1) is 17.7 Å². The van der Waals surface area contributed by atoms with Gasteiger partial charge in [-0.05, 0) is 35.9 Å². The number of hydrogen-bond donors (Lipinski definition) is 1. The Bertz CT molecular complexity index is 1080. The van der Waals surface area contributed by atoms with E-state index >= 15 is 0 Å². The van der Waals surface area contributed by atoms with Crippen LogP contribution in [-0.2, 0) is 16.8 Å². The minimum absolute atomic E-state index is 0.241. The van der Waals surface area contributed by atoms with Crippen LogP contribution in [0.1, 0.15) is 15.9 Å². The van der Waals surface area contributed by atoms with E-state index in [-0.39, 0.29) is 5.91 Å². The highest BCUT2D eigenvalue weighted by Gasteiger charge is 2.21. The molecule has 0 saturated carbocycles. The number of carbonyl (C=O) groups excluding carboxylic acids is 1. The first-order valence-corrected chi connectivity index (χ1v) is 10.3. The van der Waals surface area contributed by atoms with Crippen molar-refractivity contribution in [1.29, 1.82) is 0 Å². The summed E-state index contributed by atoms with van der Waals surface area (Å²) in [6, 6.07) is 14.2. The van der Waals surface area contributed by atoms with E-state index in [2.05, 4.69) is 10.3 Å². The van der Waals surface area contributed by atoms with Crippen molar-refractivity contribution >= 4 is 21.8 Å². The van der Waals surface area contributed by atoms with Crippen molar-refractivity contribution in [2.45, 2.75) is 6.54 Å². The maximum atomic E-state index is 12.5. The number of benzene rings is 2. The lowest BCUT2D eigenvalue weighted by Gasteiger charge is -2.23.